The van der Waals surface area contributed by atoms with Gasteiger partial charge in [-0.1, -0.05) is 35.0 Å². The van der Waals surface area contributed by atoms with Gasteiger partial charge >= 0.3 is 5.97 Å². The highest BCUT2D eigenvalue weighted by molar-refractivity contribution is 6.31. The number of hydrogen-bond acceptors (Lipinski definition) is 4. The molecule has 1 heterocycles. The van der Waals surface area contributed by atoms with Crippen LogP contribution in [0.5, 0.6) is 0 Å². The fraction of sp³-hybridized carbons (Fsp3) is 0.231. The molecule has 0 atom stereocenters. The van der Waals surface area contributed by atoms with E-state index in [0.717, 1.165) is 5.56 Å². The van der Waals surface area contributed by atoms with Crippen LogP contribution in [0.2, 0.25) is 5.02 Å². The smallest absolute Gasteiger partial charge is 0.358 e. The number of halogens is 1. The van der Waals surface area contributed by atoms with Crippen LogP contribution in [-0.2, 0) is 17.9 Å². The molecule has 0 aliphatic carbocycles. The van der Waals surface area contributed by atoms with Gasteiger partial charge in [-0.3, -0.25) is 4.79 Å². The Bertz CT molecular complexity index is 684. The maximum Gasteiger partial charge on any atom is 0.358 e. The summed E-state index contributed by atoms with van der Waals surface area (Å²) < 4.78 is 1.24. The van der Waals surface area contributed by atoms with Crippen LogP contribution in [0, 0.1) is 6.92 Å². The number of nitrogens with zero attached hydrogens (tertiary/aromatic N) is 3. The zero-order chi connectivity index (χ0) is 15.4. The third-order valence-corrected chi connectivity index (χ3v) is 3.28. The van der Waals surface area contributed by atoms with Gasteiger partial charge in [-0.15, -0.1) is 5.10 Å². The third-order valence-electron chi connectivity index (χ3n) is 2.91. The monoisotopic (exact) mass is 308 g/mol. The van der Waals surface area contributed by atoms with Crippen molar-refractivity contribution in [2.75, 3.05) is 0 Å². The molecule has 1 aromatic heterocycles. The van der Waals surface area contributed by atoms with E-state index in [2.05, 4.69) is 15.6 Å². The summed E-state index contributed by atoms with van der Waals surface area (Å²) in [7, 11) is 0. The molecular weight excluding hydrogens is 296 g/mol. The lowest BCUT2D eigenvalue weighted by molar-refractivity contribution is -0.122. The van der Waals surface area contributed by atoms with Crippen LogP contribution in [-0.4, -0.2) is 32.0 Å². The van der Waals surface area contributed by atoms with E-state index in [1.807, 2.05) is 12.1 Å². The number of aromatic nitrogens is 3. The molecular formula is C13H13ClN4O3. The minimum atomic E-state index is -1.17. The molecule has 1 aromatic carbocycles. The lowest BCUT2D eigenvalue weighted by Gasteiger charge is -2.07. The van der Waals surface area contributed by atoms with Crippen molar-refractivity contribution in [3.05, 3.63) is 46.2 Å². The van der Waals surface area contributed by atoms with Gasteiger partial charge < -0.3 is 10.4 Å². The zero-order valence-corrected chi connectivity index (χ0v) is 12.0. The van der Waals surface area contributed by atoms with E-state index >= 15 is 0 Å². The maximum atomic E-state index is 11.8. The predicted molar refractivity (Wildman–Crippen MR) is 75.0 cm³/mol. The second kappa shape index (κ2) is 6.36. The summed E-state index contributed by atoms with van der Waals surface area (Å²) in [4.78, 5) is 22.7. The molecule has 8 heteroatoms. The topological polar surface area (TPSA) is 97.1 Å². The van der Waals surface area contributed by atoms with E-state index in [0.29, 0.717) is 10.7 Å². The highest BCUT2D eigenvalue weighted by Gasteiger charge is 2.16. The van der Waals surface area contributed by atoms with Crippen molar-refractivity contribution in [2.24, 2.45) is 0 Å². The number of amides is 1. The number of carboxylic acid groups (broad SMARTS) is 1. The Morgan fingerprint density at radius 3 is 2.71 bits per heavy atom. The maximum absolute atomic E-state index is 11.8. The van der Waals surface area contributed by atoms with Gasteiger partial charge in [-0.05, 0) is 18.6 Å². The van der Waals surface area contributed by atoms with E-state index in [-0.39, 0.29) is 24.7 Å². The Hall–Kier alpha value is -2.41. The van der Waals surface area contributed by atoms with E-state index in [1.54, 1.807) is 19.1 Å². The van der Waals surface area contributed by atoms with Crippen LogP contribution >= 0.6 is 11.6 Å². The Balaban J connectivity index is 1.96. The largest absolute Gasteiger partial charge is 0.476 e. The van der Waals surface area contributed by atoms with Crippen molar-refractivity contribution < 1.29 is 14.7 Å². The highest BCUT2D eigenvalue weighted by Crippen LogP contribution is 2.14. The summed E-state index contributed by atoms with van der Waals surface area (Å²) in [6, 6.07) is 7.18. The summed E-state index contributed by atoms with van der Waals surface area (Å²) in [5.74, 6) is -1.48. The minimum absolute atomic E-state index is 0.101. The van der Waals surface area contributed by atoms with E-state index in [1.165, 1.54) is 4.68 Å². The first-order chi connectivity index (χ1) is 9.99. The highest BCUT2D eigenvalue weighted by atomic mass is 35.5. The summed E-state index contributed by atoms with van der Waals surface area (Å²) in [5, 5.41) is 19.3. The Morgan fingerprint density at radius 2 is 2.10 bits per heavy atom. The fourth-order valence-corrected chi connectivity index (χ4v) is 1.94. The number of carbonyl (C=O) groups excluding carboxylic acids is 1. The van der Waals surface area contributed by atoms with Gasteiger partial charge in [-0.2, -0.15) is 0 Å². The summed E-state index contributed by atoms with van der Waals surface area (Å²) in [6.45, 7) is 1.74. The van der Waals surface area contributed by atoms with Gasteiger partial charge in [0.25, 0.3) is 0 Å². The number of carbonyl (C=O) groups is 2. The van der Waals surface area contributed by atoms with Crippen LogP contribution < -0.4 is 5.32 Å². The molecule has 0 unspecified atom stereocenters. The zero-order valence-electron chi connectivity index (χ0n) is 11.2. The molecule has 2 N–H and O–H groups in total. The molecule has 0 saturated heterocycles. The molecule has 2 aromatic rings. The van der Waals surface area contributed by atoms with Crippen molar-refractivity contribution in [2.45, 2.75) is 20.0 Å². The third kappa shape index (κ3) is 3.57. The first kappa shape index (κ1) is 15.0. The lowest BCUT2D eigenvalue weighted by Crippen LogP contribution is -2.28. The van der Waals surface area contributed by atoms with Crippen molar-refractivity contribution in [1.29, 1.82) is 0 Å². The molecule has 0 spiro atoms. The molecule has 0 bridgehead atoms. The van der Waals surface area contributed by atoms with Gasteiger partial charge in [-0.25, -0.2) is 9.48 Å². The minimum Gasteiger partial charge on any atom is -0.476 e. The van der Waals surface area contributed by atoms with Gasteiger partial charge in [0, 0.05) is 11.6 Å². The average Bonchev–Trinajstić information content (AvgIpc) is 2.79. The first-order valence-electron chi connectivity index (χ1n) is 6.12. The van der Waals surface area contributed by atoms with E-state index in [4.69, 9.17) is 16.7 Å². The first-order valence-corrected chi connectivity index (χ1v) is 6.50. The lowest BCUT2D eigenvalue weighted by atomic mass is 10.2. The van der Waals surface area contributed by atoms with E-state index < -0.39 is 5.97 Å². The van der Waals surface area contributed by atoms with Crippen molar-refractivity contribution in [1.82, 2.24) is 20.3 Å². The number of nitrogens with one attached hydrogen (secondary N) is 1. The van der Waals surface area contributed by atoms with Gasteiger partial charge in [0.05, 0.1) is 5.69 Å². The summed E-state index contributed by atoms with van der Waals surface area (Å²) >= 11 is 5.99. The van der Waals surface area contributed by atoms with Gasteiger partial charge in [0.15, 0.2) is 5.69 Å². The van der Waals surface area contributed by atoms with Crippen molar-refractivity contribution in [3.63, 3.8) is 0 Å². The van der Waals surface area contributed by atoms with Crippen LogP contribution in [0.3, 0.4) is 0 Å². The number of carboxylic acids is 1. The van der Waals surface area contributed by atoms with Crippen LogP contribution in [0.25, 0.3) is 0 Å². The second-order valence-corrected chi connectivity index (χ2v) is 4.76. The van der Waals surface area contributed by atoms with Gasteiger partial charge in [0.1, 0.15) is 6.54 Å². The molecule has 0 aliphatic rings. The molecule has 0 radical (unpaired) electrons. The Labute approximate surface area is 125 Å². The fourth-order valence-electron chi connectivity index (χ4n) is 1.74. The standard InChI is InChI=1S/C13H13ClN4O3/c1-8-12(13(20)21)16-17-18(8)7-11(19)15-6-9-4-2-3-5-10(9)14/h2-5H,6-7H2,1H3,(H,15,19)(H,20,21). The summed E-state index contributed by atoms with van der Waals surface area (Å²) in [5.41, 5.74) is 0.971. The Kier molecular flexibility index (Phi) is 4.54. The van der Waals surface area contributed by atoms with Crippen LogP contribution in [0.1, 0.15) is 21.7 Å². The molecule has 7 nitrogen and oxygen atoms in total. The second-order valence-electron chi connectivity index (χ2n) is 4.35. The Morgan fingerprint density at radius 1 is 1.38 bits per heavy atom. The molecule has 21 heavy (non-hydrogen) atoms. The molecule has 0 aliphatic heterocycles. The molecule has 0 fully saturated rings. The average molecular weight is 309 g/mol. The summed E-state index contributed by atoms with van der Waals surface area (Å²) in [6.07, 6.45) is 0. The van der Waals surface area contributed by atoms with Crippen LogP contribution in [0.4, 0.5) is 0 Å². The van der Waals surface area contributed by atoms with E-state index in [9.17, 15) is 9.59 Å². The molecule has 0 saturated carbocycles. The quantitative estimate of drug-likeness (QED) is 0.866. The van der Waals surface area contributed by atoms with Crippen molar-refractivity contribution >= 4 is 23.5 Å². The number of hydrogen-bond donors (Lipinski definition) is 2. The number of aromatic carboxylic acids is 1. The number of rotatable bonds is 5. The molecule has 1 amide bonds. The van der Waals surface area contributed by atoms with Gasteiger partial charge in [0.2, 0.25) is 5.91 Å². The molecule has 110 valence electrons. The SMILES string of the molecule is Cc1c(C(=O)O)nnn1CC(=O)NCc1ccccc1Cl. The van der Waals surface area contributed by atoms with Crippen LogP contribution in [0.15, 0.2) is 24.3 Å². The molecule has 2 rings (SSSR count). The normalized spacial score (nSPS) is 10.4. The van der Waals surface area contributed by atoms with Crippen molar-refractivity contribution in [3.8, 4) is 0 Å². The predicted octanol–water partition coefficient (Wildman–Crippen LogP) is 1.25. The number of benzene rings is 1.